The van der Waals surface area contributed by atoms with Crippen LogP contribution in [-0.4, -0.2) is 26.6 Å². The second-order valence-corrected chi connectivity index (χ2v) is 4.69. The first-order chi connectivity index (χ1) is 11.3. The molecule has 0 spiro atoms. The van der Waals surface area contributed by atoms with Crippen molar-refractivity contribution in [3.05, 3.63) is 29.8 Å². The maximum atomic E-state index is 11.5. The first kappa shape index (κ1) is 11.3. The van der Waals surface area contributed by atoms with E-state index in [2.05, 4.69) is 4.18 Å². The molecule has 0 saturated heterocycles. The predicted octanol–water partition coefficient (Wildman–Crippen LogP) is 2.64. The highest BCUT2D eigenvalue weighted by Crippen LogP contribution is 2.12. The van der Waals surface area contributed by atoms with Gasteiger partial charge in [-0.05, 0) is 32.9 Å². The van der Waals surface area contributed by atoms with Crippen molar-refractivity contribution in [2.24, 2.45) is 0 Å². The van der Waals surface area contributed by atoms with E-state index >= 15 is 0 Å². The van der Waals surface area contributed by atoms with Crippen LogP contribution in [0.5, 0.6) is 0 Å². The lowest BCUT2D eigenvalue weighted by Gasteiger charge is -2.02. The third-order valence-electron chi connectivity index (χ3n) is 1.61. The predicted molar refractivity (Wildman–Crippen MR) is 78.7 cm³/mol. The van der Waals surface area contributed by atoms with Gasteiger partial charge >= 0.3 is 0 Å². The molecule has 5 nitrogen and oxygen atoms in total. The van der Waals surface area contributed by atoms with Gasteiger partial charge in [0.05, 0.1) is 23.0 Å². The smallest absolute Gasteiger partial charge is 0.296 e. The summed E-state index contributed by atoms with van der Waals surface area (Å²) >= 11 is 0. The third kappa shape index (κ3) is 10.5. The average Bonchev–Trinajstić information content (AvgIpc) is 2.34. The third-order valence-corrected chi connectivity index (χ3v) is 2.85. The molecule has 0 saturated carbocycles. The monoisotopic (exact) mass is 307 g/mol. The standard InChI is InChI=1S/C9H12O3S.C3H5N.C2H6O/c1-3-12-13(10,11)9-6-4-8(2)5-7-9;1-2-3-4;1-2-3/h4-7H,3H2,1-2H3;2H2,1H3;3H,2H2,1H3/i3D2;2*2D2. The summed E-state index contributed by atoms with van der Waals surface area (Å²) in [5.41, 5.74) is 0.924. The fourth-order valence-electron chi connectivity index (χ4n) is 0.863. The van der Waals surface area contributed by atoms with Crippen molar-refractivity contribution < 1.29 is 25.9 Å². The highest BCUT2D eigenvalue weighted by Gasteiger charge is 2.12. The van der Waals surface area contributed by atoms with E-state index in [4.69, 9.17) is 18.6 Å². The molecular weight excluding hydrogens is 278 g/mol. The minimum Gasteiger partial charge on any atom is -0.397 e. The Morgan fingerprint density at radius 3 is 2.00 bits per heavy atom. The van der Waals surface area contributed by atoms with Gasteiger partial charge in [-0.1, -0.05) is 24.6 Å². The molecule has 0 aliphatic heterocycles. The van der Waals surface area contributed by atoms with Crippen LogP contribution in [0.2, 0.25) is 0 Å². The zero-order valence-electron chi connectivity index (χ0n) is 17.8. The minimum atomic E-state index is -4.01. The van der Waals surface area contributed by atoms with E-state index in [9.17, 15) is 8.42 Å². The molecule has 1 rings (SSSR count). The van der Waals surface area contributed by atoms with Crippen LogP contribution in [0.3, 0.4) is 0 Å². The Morgan fingerprint density at radius 1 is 1.30 bits per heavy atom. The lowest BCUT2D eigenvalue weighted by atomic mass is 10.2. The van der Waals surface area contributed by atoms with Gasteiger partial charge in [0.15, 0.2) is 0 Å². The van der Waals surface area contributed by atoms with E-state index in [1.54, 1.807) is 12.1 Å². The zero-order valence-corrected chi connectivity index (χ0v) is 12.7. The number of nitriles is 1. The molecule has 0 amide bonds. The second-order valence-electron chi connectivity index (χ2n) is 3.14. The Balaban J connectivity index is 0. The normalized spacial score (nSPS) is 16.0. The van der Waals surface area contributed by atoms with Gasteiger partial charge in [-0.25, -0.2) is 0 Å². The molecule has 6 heteroatoms. The highest BCUT2D eigenvalue weighted by atomic mass is 32.2. The van der Waals surface area contributed by atoms with E-state index in [1.807, 2.05) is 6.92 Å². The molecular formula is C14H23NO4S. The summed E-state index contributed by atoms with van der Waals surface area (Å²) < 4.78 is 66.7. The van der Waals surface area contributed by atoms with Gasteiger partial charge in [-0.15, -0.1) is 0 Å². The van der Waals surface area contributed by atoms with E-state index in [-0.39, 0.29) is 4.90 Å². The van der Waals surface area contributed by atoms with Crippen molar-refractivity contribution in [3.8, 4) is 6.07 Å². The highest BCUT2D eigenvalue weighted by molar-refractivity contribution is 7.86. The number of nitrogens with zero attached hydrogens (tertiary/aromatic N) is 1. The topological polar surface area (TPSA) is 87.4 Å². The van der Waals surface area contributed by atoms with Gasteiger partial charge < -0.3 is 5.11 Å². The largest absolute Gasteiger partial charge is 0.397 e. The molecule has 1 N–H and O–H groups in total. The summed E-state index contributed by atoms with van der Waals surface area (Å²) in [6.07, 6.45) is -1.65. The molecule has 20 heavy (non-hydrogen) atoms. The summed E-state index contributed by atoms with van der Waals surface area (Å²) in [7, 11) is -4.01. The SMILES string of the molecule is [2H]C([2H])(C)C#N.[2H]C([2H])(C)O.[2H]C([2H])(C)OS(=O)(=O)c1ccc(C)cc1. The van der Waals surface area contributed by atoms with E-state index in [0.29, 0.717) is 0 Å². The van der Waals surface area contributed by atoms with E-state index in [1.165, 1.54) is 25.1 Å². The molecule has 0 fully saturated rings. The van der Waals surface area contributed by atoms with Crippen LogP contribution in [0.1, 0.15) is 40.9 Å². The number of aryl methyl sites for hydroxylation is 1. The molecule has 0 heterocycles. The van der Waals surface area contributed by atoms with Gasteiger partial charge in [-0.3, -0.25) is 4.18 Å². The molecule has 0 atom stereocenters. The Labute approximate surface area is 130 Å². The summed E-state index contributed by atoms with van der Waals surface area (Å²) in [6, 6.07) is 7.46. The maximum absolute atomic E-state index is 11.5. The van der Waals surface area contributed by atoms with Gasteiger partial charge in [0.2, 0.25) is 0 Å². The van der Waals surface area contributed by atoms with Crippen LogP contribution in [0, 0.1) is 18.3 Å². The summed E-state index contributed by atoms with van der Waals surface area (Å²) in [4.78, 5) is -0.0428. The van der Waals surface area contributed by atoms with E-state index < -0.39 is 29.6 Å². The van der Waals surface area contributed by atoms with Crippen molar-refractivity contribution in [2.75, 3.05) is 13.1 Å². The molecule has 0 aromatic heterocycles. The van der Waals surface area contributed by atoms with Crippen molar-refractivity contribution in [1.82, 2.24) is 0 Å². The number of rotatable bonds is 3. The number of benzene rings is 1. The first-order valence-electron chi connectivity index (χ1n) is 8.43. The van der Waals surface area contributed by atoms with Crippen LogP contribution < -0.4 is 0 Å². The van der Waals surface area contributed by atoms with Gasteiger partial charge in [0, 0.05) is 15.7 Å². The fourth-order valence-corrected chi connectivity index (χ4v) is 1.65. The Morgan fingerprint density at radius 2 is 1.70 bits per heavy atom. The second kappa shape index (κ2) is 12.6. The van der Waals surface area contributed by atoms with Crippen molar-refractivity contribution in [1.29, 1.82) is 5.26 Å². The summed E-state index contributed by atoms with van der Waals surface area (Å²) in [6.45, 7) is 0.957. The van der Waals surface area contributed by atoms with Crippen LogP contribution in [-0.2, 0) is 14.3 Å². The molecule has 1 aromatic carbocycles. The molecule has 114 valence electrons. The molecule has 0 unspecified atom stereocenters. The van der Waals surface area contributed by atoms with Crippen LogP contribution >= 0.6 is 0 Å². The molecule has 1 aromatic rings. The molecule has 0 radical (unpaired) electrons. The Hall–Kier alpha value is -1.42. The lowest BCUT2D eigenvalue weighted by Crippen LogP contribution is -2.05. The minimum absolute atomic E-state index is 0.0428. The Bertz CT molecular complexity index is 677. The molecule has 0 aliphatic carbocycles. The van der Waals surface area contributed by atoms with Crippen molar-refractivity contribution >= 4 is 10.1 Å². The Kier molecular flexibility index (Phi) is 7.10. The van der Waals surface area contributed by atoms with Crippen molar-refractivity contribution in [3.63, 3.8) is 0 Å². The first-order valence-corrected chi connectivity index (χ1v) is 6.84. The summed E-state index contributed by atoms with van der Waals surface area (Å²) in [5, 5.41) is 15.6. The molecule has 0 aliphatic rings. The fraction of sp³-hybridized carbons (Fsp3) is 0.500. The maximum Gasteiger partial charge on any atom is 0.296 e. The number of hydrogen-bond donors (Lipinski definition) is 1. The number of hydrogen-bond acceptors (Lipinski definition) is 5. The summed E-state index contributed by atoms with van der Waals surface area (Å²) in [5.74, 6) is 0. The van der Waals surface area contributed by atoms with Crippen molar-refractivity contribution in [2.45, 2.75) is 39.0 Å². The van der Waals surface area contributed by atoms with E-state index in [0.717, 1.165) is 19.4 Å². The van der Waals surface area contributed by atoms with Gasteiger partial charge in [-0.2, -0.15) is 13.7 Å². The van der Waals surface area contributed by atoms with Crippen LogP contribution in [0.4, 0.5) is 0 Å². The number of aliphatic hydroxyl groups is 1. The van der Waals surface area contributed by atoms with Gasteiger partial charge in [0.25, 0.3) is 10.1 Å². The quantitative estimate of drug-likeness (QED) is 0.867. The zero-order chi connectivity index (χ0) is 21.4. The van der Waals surface area contributed by atoms with Crippen LogP contribution in [0.15, 0.2) is 29.2 Å². The average molecular weight is 307 g/mol. The molecule has 0 bridgehead atoms. The lowest BCUT2D eigenvalue weighted by molar-refractivity contribution is 0.318. The van der Waals surface area contributed by atoms with Crippen LogP contribution in [0.25, 0.3) is 0 Å². The van der Waals surface area contributed by atoms with Gasteiger partial charge in [0.1, 0.15) is 0 Å².